The van der Waals surface area contributed by atoms with Crippen LogP contribution in [0.25, 0.3) is 11.3 Å². The Morgan fingerprint density at radius 2 is 1.68 bits per heavy atom. The van der Waals surface area contributed by atoms with Crippen molar-refractivity contribution in [3.63, 3.8) is 0 Å². The Labute approximate surface area is 116 Å². The van der Waals surface area contributed by atoms with Gasteiger partial charge in [0, 0.05) is 12.0 Å². The normalized spacial score (nSPS) is 10.8. The first-order valence-corrected chi connectivity index (χ1v) is 7.46. The maximum absolute atomic E-state index is 6.01. The van der Waals surface area contributed by atoms with Crippen LogP contribution in [0.4, 0.5) is 0 Å². The Balaban J connectivity index is 1.94. The summed E-state index contributed by atoms with van der Waals surface area (Å²) in [6.07, 6.45) is 7.63. The zero-order valence-electron chi connectivity index (χ0n) is 12.1. The zero-order chi connectivity index (χ0) is 13.5. The molecule has 0 amide bonds. The number of rotatable bonds is 7. The SMILES string of the molecule is CCCCCCCc1oc(-c2ccccc2)cc1C. The third-order valence-electron chi connectivity index (χ3n) is 3.59. The molecule has 0 aliphatic heterocycles. The summed E-state index contributed by atoms with van der Waals surface area (Å²) in [4.78, 5) is 0. The summed E-state index contributed by atoms with van der Waals surface area (Å²) in [5.41, 5.74) is 2.46. The zero-order valence-corrected chi connectivity index (χ0v) is 12.1. The monoisotopic (exact) mass is 256 g/mol. The fraction of sp³-hybridized carbons (Fsp3) is 0.444. The summed E-state index contributed by atoms with van der Waals surface area (Å²) in [7, 11) is 0. The second-order valence-electron chi connectivity index (χ2n) is 5.25. The van der Waals surface area contributed by atoms with Crippen LogP contribution in [0.3, 0.4) is 0 Å². The molecule has 0 spiro atoms. The number of furan rings is 1. The summed E-state index contributed by atoms with van der Waals surface area (Å²) in [6, 6.07) is 12.5. The van der Waals surface area contributed by atoms with E-state index in [1.54, 1.807) is 0 Å². The van der Waals surface area contributed by atoms with Crippen molar-refractivity contribution in [1.82, 2.24) is 0 Å². The van der Waals surface area contributed by atoms with Gasteiger partial charge in [-0.1, -0.05) is 62.9 Å². The van der Waals surface area contributed by atoms with Crippen molar-refractivity contribution < 1.29 is 4.42 Å². The second kappa shape index (κ2) is 7.18. The van der Waals surface area contributed by atoms with Gasteiger partial charge in [-0.05, 0) is 25.0 Å². The minimum atomic E-state index is 1.00. The lowest BCUT2D eigenvalue weighted by atomic mass is 10.1. The van der Waals surface area contributed by atoms with Crippen molar-refractivity contribution in [2.75, 3.05) is 0 Å². The average Bonchev–Trinajstić information content (AvgIpc) is 2.81. The van der Waals surface area contributed by atoms with E-state index < -0.39 is 0 Å². The fourth-order valence-corrected chi connectivity index (χ4v) is 2.40. The summed E-state index contributed by atoms with van der Waals surface area (Å²) < 4.78 is 6.01. The number of hydrogen-bond donors (Lipinski definition) is 0. The highest BCUT2D eigenvalue weighted by molar-refractivity contribution is 5.58. The molecule has 1 aromatic heterocycles. The Morgan fingerprint density at radius 3 is 2.42 bits per heavy atom. The summed E-state index contributed by atoms with van der Waals surface area (Å²) in [5.74, 6) is 2.16. The molecule has 1 nitrogen and oxygen atoms in total. The van der Waals surface area contributed by atoms with Gasteiger partial charge in [0.15, 0.2) is 0 Å². The summed E-state index contributed by atoms with van der Waals surface area (Å²) in [6.45, 7) is 4.40. The standard InChI is InChI=1S/C18H24O/c1-3-4-5-6-10-13-17-15(2)14-18(19-17)16-11-8-7-9-12-16/h7-9,11-12,14H,3-6,10,13H2,1-2H3. The first-order valence-electron chi connectivity index (χ1n) is 7.46. The molecule has 1 heteroatoms. The van der Waals surface area contributed by atoms with Gasteiger partial charge in [0.05, 0.1) is 0 Å². The van der Waals surface area contributed by atoms with Gasteiger partial charge >= 0.3 is 0 Å². The molecule has 1 heterocycles. The quantitative estimate of drug-likeness (QED) is 0.573. The minimum Gasteiger partial charge on any atom is -0.461 e. The maximum Gasteiger partial charge on any atom is 0.134 e. The molecule has 0 saturated heterocycles. The first kappa shape index (κ1) is 13.9. The molecule has 1 aromatic carbocycles. The van der Waals surface area contributed by atoms with Crippen LogP contribution < -0.4 is 0 Å². The van der Waals surface area contributed by atoms with E-state index in [1.807, 2.05) is 6.07 Å². The molecule has 0 aliphatic rings. The van der Waals surface area contributed by atoms with E-state index in [0.29, 0.717) is 0 Å². The average molecular weight is 256 g/mol. The van der Waals surface area contributed by atoms with Crippen molar-refractivity contribution >= 4 is 0 Å². The molecule has 0 N–H and O–H groups in total. The van der Waals surface area contributed by atoms with Crippen LogP contribution in [-0.4, -0.2) is 0 Å². The largest absolute Gasteiger partial charge is 0.461 e. The topological polar surface area (TPSA) is 13.1 Å². The van der Waals surface area contributed by atoms with Crippen LogP contribution in [0.2, 0.25) is 0 Å². The van der Waals surface area contributed by atoms with Crippen LogP contribution in [0.15, 0.2) is 40.8 Å². The van der Waals surface area contributed by atoms with E-state index in [1.165, 1.54) is 43.2 Å². The van der Waals surface area contributed by atoms with Crippen LogP contribution in [0.1, 0.15) is 50.4 Å². The van der Waals surface area contributed by atoms with Crippen molar-refractivity contribution in [3.8, 4) is 11.3 Å². The van der Waals surface area contributed by atoms with Gasteiger partial charge in [-0.15, -0.1) is 0 Å². The molecule has 0 atom stereocenters. The maximum atomic E-state index is 6.01. The van der Waals surface area contributed by atoms with Gasteiger partial charge in [-0.25, -0.2) is 0 Å². The molecule has 2 aromatic rings. The number of aryl methyl sites for hydroxylation is 2. The smallest absolute Gasteiger partial charge is 0.134 e. The van der Waals surface area contributed by atoms with Crippen molar-refractivity contribution in [2.24, 2.45) is 0 Å². The lowest BCUT2D eigenvalue weighted by Gasteiger charge is -2.00. The van der Waals surface area contributed by atoms with Crippen LogP contribution in [-0.2, 0) is 6.42 Å². The molecule has 0 fully saturated rings. The Morgan fingerprint density at radius 1 is 0.947 bits per heavy atom. The molecule has 0 unspecified atom stereocenters. The Hall–Kier alpha value is -1.50. The molecule has 102 valence electrons. The molecular weight excluding hydrogens is 232 g/mol. The van der Waals surface area contributed by atoms with E-state index in [9.17, 15) is 0 Å². The first-order chi connectivity index (χ1) is 9.31. The van der Waals surface area contributed by atoms with E-state index in [-0.39, 0.29) is 0 Å². The van der Waals surface area contributed by atoms with E-state index in [2.05, 4.69) is 44.2 Å². The van der Waals surface area contributed by atoms with Gasteiger partial charge in [0.1, 0.15) is 11.5 Å². The molecule has 2 rings (SSSR count). The van der Waals surface area contributed by atoms with Crippen LogP contribution in [0.5, 0.6) is 0 Å². The van der Waals surface area contributed by atoms with E-state index >= 15 is 0 Å². The summed E-state index contributed by atoms with van der Waals surface area (Å²) >= 11 is 0. The molecule has 0 saturated carbocycles. The Bertz CT molecular complexity index is 482. The highest BCUT2D eigenvalue weighted by atomic mass is 16.3. The third kappa shape index (κ3) is 3.99. The van der Waals surface area contributed by atoms with E-state index in [4.69, 9.17) is 4.42 Å². The lowest BCUT2D eigenvalue weighted by molar-refractivity contribution is 0.501. The van der Waals surface area contributed by atoms with Crippen molar-refractivity contribution in [3.05, 3.63) is 47.7 Å². The van der Waals surface area contributed by atoms with Gasteiger partial charge in [0.25, 0.3) is 0 Å². The van der Waals surface area contributed by atoms with Crippen LogP contribution >= 0.6 is 0 Å². The van der Waals surface area contributed by atoms with Crippen LogP contribution in [0, 0.1) is 6.92 Å². The fourth-order valence-electron chi connectivity index (χ4n) is 2.40. The van der Waals surface area contributed by atoms with Gasteiger partial charge < -0.3 is 4.42 Å². The van der Waals surface area contributed by atoms with Crippen molar-refractivity contribution in [2.45, 2.75) is 52.4 Å². The van der Waals surface area contributed by atoms with Gasteiger partial charge in [-0.3, -0.25) is 0 Å². The molecule has 0 radical (unpaired) electrons. The van der Waals surface area contributed by atoms with Crippen molar-refractivity contribution in [1.29, 1.82) is 0 Å². The second-order valence-corrected chi connectivity index (χ2v) is 5.25. The van der Waals surface area contributed by atoms with Gasteiger partial charge in [0.2, 0.25) is 0 Å². The number of unbranched alkanes of at least 4 members (excludes halogenated alkanes) is 4. The molecule has 19 heavy (non-hydrogen) atoms. The van der Waals surface area contributed by atoms with Gasteiger partial charge in [-0.2, -0.15) is 0 Å². The lowest BCUT2D eigenvalue weighted by Crippen LogP contribution is -1.85. The predicted octanol–water partition coefficient (Wildman–Crippen LogP) is 5.77. The summed E-state index contributed by atoms with van der Waals surface area (Å²) in [5, 5.41) is 0. The molecule has 0 aliphatic carbocycles. The van der Waals surface area contributed by atoms with E-state index in [0.717, 1.165) is 17.9 Å². The molecule has 0 bridgehead atoms. The Kier molecular flexibility index (Phi) is 5.26. The predicted molar refractivity (Wildman–Crippen MR) is 81.3 cm³/mol. The molecular formula is C18H24O. The minimum absolute atomic E-state index is 1.00. The third-order valence-corrected chi connectivity index (χ3v) is 3.59. The highest BCUT2D eigenvalue weighted by Crippen LogP contribution is 2.26. The number of hydrogen-bond acceptors (Lipinski definition) is 1. The number of benzene rings is 1. The highest BCUT2D eigenvalue weighted by Gasteiger charge is 2.08.